The Hall–Kier alpha value is -4.37. The van der Waals surface area contributed by atoms with Gasteiger partial charge in [-0.15, -0.1) is 0 Å². The highest BCUT2D eigenvalue weighted by Gasteiger charge is 2.44. The molecular weight excluding hydrogens is 641 g/mol. The average Bonchev–Trinajstić information content (AvgIpc) is 3.65. The SMILES string of the molecule is O=C(NCC1(CN2CCCC2)CC1)c1ccc2cc1OCCCNCCCOc1cccc(c1)CNc1nc(nc(OCC(F)(F)F)n1)N2. The second-order valence-corrected chi connectivity index (χ2v) is 12.8. The summed E-state index contributed by atoms with van der Waals surface area (Å²) >= 11 is 0. The summed E-state index contributed by atoms with van der Waals surface area (Å²) in [5.41, 5.74) is 1.83. The molecule has 6 bridgehead atoms. The number of alkyl halides is 3. The molecule has 1 saturated carbocycles. The molecule has 49 heavy (non-hydrogen) atoms. The van der Waals surface area contributed by atoms with Gasteiger partial charge < -0.3 is 40.4 Å². The molecule has 6 rings (SSSR count). The fraction of sp³-hybridized carbons (Fsp3) is 0.529. The van der Waals surface area contributed by atoms with Gasteiger partial charge in [-0.2, -0.15) is 28.1 Å². The zero-order chi connectivity index (χ0) is 34.1. The third-order valence-corrected chi connectivity index (χ3v) is 8.67. The van der Waals surface area contributed by atoms with E-state index in [4.69, 9.17) is 14.2 Å². The Kier molecular flexibility index (Phi) is 11.2. The fourth-order valence-corrected chi connectivity index (χ4v) is 5.90. The van der Waals surface area contributed by atoms with Crippen molar-refractivity contribution in [2.45, 2.75) is 51.2 Å². The van der Waals surface area contributed by atoms with Crippen molar-refractivity contribution in [3.8, 4) is 17.5 Å². The van der Waals surface area contributed by atoms with Crippen LogP contribution in [0.2, 0.25) is 0 Å². The van der Waals surface area contributed by atoms with E-state index in [1.807, 2.05) is 24.3 Å². The molecule has 12 nitrogen and oxygen atoms in total. The molecule has 1 aliphatic carbocycles. The van der Waals surface area contributed by atoms with Crippen LogP contribution in [0.1, 0.15) is 54.4 Å². The van der Waals surface area contributed by atoms with Gasteiger partial charge in [0.05, 0.1) is 18.8 Å². The lowest BCUT2D eigenvalue weighted by molar-refractivity contribution is -0.154. The van der Waals surface area contributed by atoms with Crippen LogP contribution in [0.5, 0.6) is 17.5 Å². The number of carbonyl (C=O) groups is 1. The summed E-state index contributed by atoms with van der Waals surface area (Å²) in [6.45, 7) is 4.90. The second-order valence-electron chi connectivity index (χ2n) is 12.8. The van der Waals surface area contributed by atoms with Gasteiger partial charge in [0.2, 0.25) is 11.9 Å². The first kappa shape index (κ1) is 34.5. The van der Waals surface area contributed by atoms with Gasteiger partial charge in [0.1, 0.15) is 11.5 Å². The van der Waals surface area contributed by atoms with E-state index >= 15 is 0 Å². The molecule has 3 aromatic rings. The minimum atomic E-state index is -4.58. The van der Waals surface area contributed by atoms with E-state index in [0.717, 1.165) is 51.0 Å². The molecule has 2 aliphatic heterocycles. The van der Waals surface area contributed by atoms with Crippen LogP contribution in [0.4, 0.5) is 30.8 Å². The largest absolute Gasteiger partial charge is 0.494 e. The topological polar surface area (TPSA) is 135 Å². The van der Waals surface area contributed by atoms with Crippen molar-refractivity contribution in [3.05, 3.63) is 53.6 Å². The number of hydrogen-bond donors (Lipinski definition) is 4. The van der Waals surface area contributed by atoms with Crippen molar-refractivity contribution in [3.63, 3.8) is 0 Å². The molecule has 1 saturated heterocycles. The Morgan fingerprint density at radius 3 is 2.51 bits per heavy atom. The van der Waals surface area contributed by atoms with Crippen molar-refractivity contribution in [1.82, 2.24) is 30.5 Å². The Morgan fingerprint density at radius 2 is 1.73 bits per heavy atom. The van der Waals surface area contributed by atoms with E-state index in [2.05, 4.69) is 41.1 Å². The van der Waals surface area contributed by atoms with Crippen LogP contribution in [0, 0.1) is 5.41 Å². The van der Waals surface area contributed by atoms with Gasteiger partial charge in [0.15, 0.2) is 6.61 Å². The summed E-state index contributed by atoms with van der Waals surface area (Å²) < 4.78 is 55.9. The molecule has 1 aromatic heterocycles. The third kappa shape index (κ3) is 10.6. The Morgan fingerprint density at radius 1 is 0.959 bits per heavy atom. The summed E-state index contributed by atoms with van der Waals surface area (Å²) in [7, 11) is 0. The van der Waals surface area contributed by atoms with Crippen LogP contribution >= 0.6 is 0 Å². The maximum atomic E-state index is 13.5. The smallest absolute Gasteiger partial charge is 0.422 e. The highest BCUT2D eigenvalue weighted by Crippen LogP contribution is 2.46. The van der Waals surface area contributed by atoms with Gasteiger partial charge in [-0.1, -0.05) is 12.1 Å². The summed E-state index contributed by atoms with van der Waals surface area (Å²) in [6.07, 6.45) is 1.56. The van der Waals surface area contributed by atoms with Crippen LogP contribution in [0.3, 0.4) is 0 Å². The van der Waals surface area contributed by atoms with Gasteiger partial charge in [-0.05, 0) is 94.5 Å². The summed E-state index contributed by atoms with van der Waals surface area (Å²) in [4.78, 5) is 28.5. The van der Waals surface area contributed by atoms with Crippen LogP contribution in [0.25, 0.3) is 0 Å². The van der Waals surface area contributed by atoms with Gasteiger partial charge in [0.25, 0.3) is 5.91 Å². The van der Waals surface area contributed by atoms with Gasteiger partial charge >= 0.3 is 12.2 Å². The van der Waals surface area contributed by atoms with E-state index in [1.165, 1.54) is 12.8 Å². The van der Waals surface area contributed by atoms with Gasteiger partial charge in [-0.3, -0.25) is 4.79 Å². The normalized spacial score (nSPS) is 18.4. The minimum Gasteiger partial charge on any atom is -0.494 e. The monoisotopic (exact) mass is 684 g/mol. The lowest BCUT2D eigenvalue weighted by Gasteiger charge is -2.23. The van der Waals surface area contributed by atoms with Crippen molar-refractivity contribution < 1.29 is 32.2 Å². The maximum absolute atomic E-state index is 13.5. The first-order valence-electron chi connectivity index (χ1n) is 16.9. The number of amides is 1. The second kappa shape index (κ2) is 15.9. The molecule has 15 heteroatoms. The number of carbonyl (C=O) groups excluding carboxylic acids is 1. The number of hydrogen-bond acceptors (Lipinski definition) is 11. The molecule has 0 spiro atoms. The first-order valence-corrected chi connectivity index (χ1v) is 16.9. The summed E-state index contributed by atoms with van der Waals surface area (Å²) in [5.74, 6) is 0.794. The van der Waals surface area contributed by atoms with Crippen molar-refractivity contribution in [1.29, 1.82) is 0 Å². The zero-order valence-corrected chi connectivity index (χ0v) is 27.4. The molecule has 0 atom stereocenters. The molecule has 2 aromatic carbocycles. The van der Waals surface area contributed by atoms with Gasteiger partial charge in [-0.25, -0.2) is 0 Å². The quantitative estimate of drug-likeness (QED) is 0.270. The molecule has 0 radical (unpaired) electrons. The van der Waals surface area contributed by atoms with E-state index in [-0.39, 0.29) is 29.8 Å². The average molecular weight is 685 g/mol. The number of fused-ring (bicyclic) bond motifs is 6. The minimum absolute atomic E-state index is 0.00775. The molecule has 2 fully saturated rings. The number of ether oxygens (including phenoxy) is 3. The predicted molar refractivity (Wildman–Crippen MR) is 178 cm³/mol. The van der Waals surface area contributed by atoms with Crippen molar-refractivity contribution in [2.75, 3.05) is 69.7 Å². The highest BCUT2D eigenvalue weighted by molar-refractivity contribution is 5.97. The number of nitrogens with one attached hydrogen (secondary N) is 4. The number of nitrogens with zero attached hydrogens (tertiary/aromatic N) is 4. The molecule has 3 heterocycles. The van der Waals surface area contributed by atoms with E-state index in [1.54, 1.807) is 18.2 Å². The number of likely N-dealkylation sites (tertiary alicyclic amines) is 1. The molecule has 264 valence electrons. The maximum Gasteiger partial charge on any atom is 0.422 e. The Balaban J connectivity index is 1.22. The van der Waals surface area contributed by atoms with Crippen LogP contribution in [-0.2, 0) is 6.54 Å². The van der Waals surface area contributed by atoms with E-state index in [0.29, 0.717) is 55.5 Å². The standard InChI is InChI=1S/C34H43F3N8O4/c35-34(36,37)23-49-32-43-30-39-20-24-6-3-7-26(18-24)47-16-4-12-38-13-5-17-48-28-19-25(41-31(42-30)44-32)8-9-27(28)29(46)40-21-33(10-11-33)22-45-14-1-2-15-45/h3,6-9,18-19,38H,1-2,4-5,10-17,20-23H2,(H,40,46)(H2,39,41,42,43,44). The Bertz CT molecular complexity index is 1570. The lowest BCUT2D eigenvalue weighted by atomic mass is 10.1. The lowest BCUT2D eigenvalue weighted by Crippen LogP contribution is -2.37. The third-order valence-electron chi connectivity index (χ3n) is 8.67. The van der Waals surface area contributed by atoms with Crippen LogP contribution in [0.15, 0.2) is 42.5 Å². The molecular formula is C34H43F3N8O4. The van der Waals surface area contributed by atoms with E-state index in [9.17, 15) is 18.0 Å². The summed E-state index contributed by atoms with van der Waals surface area (Å²) in [6, 6.07) is 12.0. The number of anilines is 3. The molecule has 3 aliphatic rings. The van der Waals surface area contributed by atoms with E-state index < -0.39 is 18.8 Å². The fourth-order valence-electron chi connectivity index (χ4n) is 5.90. The van der Waals surface area contributed by atoms with Crippen LogP contribution < -0.4 is 35.5 Å². The van der Waals surface area contributed by atoms with Gasteiger partial charge in [0, 0.05) is 36.8 Å². The first-order chi connectivity index (χ1) is 23.7. The molecule has 1 amide bonds. The molecule has 4 N–H and O–H groups in total. The Labute approximate surface area is 283 Å². The number of aromatic nitrogens is 3. The highest BCUT2D eigenvalue weighted by atomic mass is 19.4. The number of benzene rings is 2. The molecule has 0 unspecified atom stereocenters. The van der Waals surface area contributed by atoms with Crippen molar-refractivity contribution in [2.24, 2.45) is 5.41 Å². The predicted octanol–water partition coefficient (Wildman–Crippen LogP) is 4.92. The summed E-state index contributed by atoms with van der Waals surface area (Å²) in [5, 5.41) is 12.6. The zero-order valence-electron chi connectivity index (χ0n) is 27.4. The number of rotatable bonds is 7. The number of halogens is 3. The van der Waals surface area contributed by atoms with Crippen molar-refractivity contribution >= 4 is 23.5 Å². The van der Waals surface area contributed by atoms with Crippen LogP contribution in [-0.4, -0.2) is 91.0 Å².